The van der Waals surface area contributed by atoms with E-state index in [4.69, 9.17) is 6.42 Å². The molecule has 0 fully saturated rings. The number of carbonyl (C=O) groups is 1. The van der Waals surface area contributed by atoms with Gasteiger partial charge in [-0.3, -0.25) is 4.79 Å². The van der Waals surface area contributed by atoms with Crippen molar-refractivity contribution in [3.05, 3.63) is 22.4 Å². The van der Waals surface area contributed by atoms with Crippen LogP contribution in [0.4, 0.5) is 0 Å². The number of hydrogen-bond acceptors (Lipinski definition) is 2. The second-order valence-electron chi connectivity index (χ2n) is 3.00. The van der Waals surface area contributed by atoms with Crippen molar-refractivity contribution in [2.75, 3.05) is 0 Å². The Bertz CT molecular complexity index is 324. The van der Waals surface area contributed by atoms with Gasteiger partial charge in [0, 0.05) is 0 Å². The van der Waals surface area contributed by atoms with Gasteiger partial charge in [0.2, 0.25) is 5.91 Å². The van der Waals surface area contributed by atoms with Crippen molar-refractivity contribution >= 4 is 17.2 Å². The van der Waals surface area contributed by atoms with Crippen LogP contribution >= 0.6 is 11.3 Å². The van der Waals surface area contributed by atoms with Gasteiger partial charge in [-0.25, -0.2) is 0 Å². The van der Waals surface area contributed by atoms with Crippen molar-refractivity contribution in [1.82, 2.24) is 5.32 Å². The molecule has 0 spiro atoms. The Morgan fingerprint density at radius 2 is 2.57 bits per heavy atom. The maximum atomic E-state index is 11.4. The van der Waals surface area contributed by atoms with Crippen LogP contribution in [0.15, 0.2) is 16.8 Å². The summed E-state index contributed by atoms with van der Waals surface area (Å²) < 4.78 is 0. The molecule has 0 saturated heterocycles. The van der Waals surface area contributed by atoms with Crippen LogP contribution in [-0.2, 0) is 11.2 Å². The number of terminal acetylenes is 1. The van der Waals surface area contributed by atoms with Crippen LogP contribution < -0.4 is 5.32 Å². The van der Waals surface area contributed by atoms with Gasteiger partial charge in [0.15, 0.2) is 0 Å². The summed E-state index contributed by atoms with van der Waals surface area (Å²) in [6.45, 7) is 1.95. The van der Waals surface area contributed by atoms with Gasteiger partial charge in [0.25, 0.3) is 0 Å². The number of thiophene rings is 1. The maximum absolute atomic E-state index is 11.4. The van der Waals surface area contributed by atoms with Gasteiger partial charge in [0.05, 0.1) is 12.5 Å². The minimum Gasteiger partial charge on any atom is -0.342 e. The summed E-state index contributed by atoms with van der Waals surface area (Å²) in [7, 11) is 0. The zero-order chi connectivity index (χ0) is 10.4. The molecular formula is C11H13NOS. The van der Waals surface area contributed by atoms with Crippen molar-refractivity contribution in [3.8, 4) is 12.3 Å². The Balaban J connectivity index is 2.40. The van der Waals surface area contributed by atoms with E-state index in [0.29, 0.717) is 6.42 Å². The Hall–Kier alpha value is -1.27. The van der Waals surface area contributed by atoms with Gasteiger partial charge in [-0.05, 0) is 28.8 Å². The van der Waals surface area contributed by atoms with Crippen molar-refractivity contribution in [3.63, 3.8) is 0 Å². The van der Waals surface area contributed by atoms with E-state index in [1.54, 1.807) is 11.3 Å². The highest BCUT2D eigenvalue weighted by Crippen LogP contribution is 2.06. The molecule has 1 aromatic rings. The van der Waals surface area contributed by atoms with Gasteiger partial charge in [-0.15, -0.1) is 6.42 Å². The predicted octanol–water partition coefficient (Wildman–Crippen LogP) is 1.82. The highest BCUT2D eigenvalue weighted by atomic mass is 32.1. The molecule has 0 bridgehead atoms. The number of carbonyl (C=O) groups excluding carboxylic acids is 1. The smallest absolute Gasteiger partial charge is 0.225 e. The van der Waals surface area contributed by atoms with Crippen LogP contribution in [0.2, 0.25) is 0 Å². The van der Waals surface area contributed by atoms with Crippen molar-refractivity contribution in [1.29, 1.82) is 0 Å². The number of amides is 1. The largest absolute Gasteiger partial charge is 0.342 e. The van der Waals surface area contributed by atoms with Crippen LogP contribution in [0.1, 0.15) is 18.9 Å². The molecule has 1 N–H and O–H groups in total. The van der Waals surface area contributed by atoms with Crippen LogP contribution in [0, 0.1) is 12.3 Å². The standard InChI is InChI=1S/C11H13NOS/c1-3-10(4-2)12-11(13)7-9-5-6-14-8-9/h1,5-6,8,10H,4,7H2,2H3,(H,12,13). The third kappa shape index (κ3) is 3.23. The molecule has 0 aliphatic carbocycles. The maximum Gasteiger partial charge on any atom is 0.225 e. The minimum atomic E-state index is -0.138. The zero-order valence-corrected chi connectivity index (χ0v) is 8.93. The molecule has 14 heavy (non-hydrogen) atoms. The normalized spacial score (nSPS) is 11.7. The SMILES string of the molecule is C#CC(CC)NC(=O)Cc1ccsc1. The van der Waals surface area contributed by atoms with Crippen molar-refractivity contribution in [2.45, 2.75) is 25.8 Å². The highest BCUT2D eigenvalue weighted by molar-refractivity contribution is 7.07. The van der Waals surface area contributed by atoms with Crippen molar-refractivity contribution < 1.29 is 4.79 Å². The molecular weight excluding hydrogens is 194 g/mol. The molecule has 0 saturated carbocycles. The summed E-state index contributed by atoms with van der Waals surface area (Å²) in [4.78, 5) is 11.4. The molecule has 1 unspecified atom stereocenters. The quantitative estimate of drug-likeness (QED) is 0.750. The number of hydrogen-bond donors (Lipinski definition) is 1. The van der Waals surface area contributed by atoms with Crippen LogP contribution in [-0.4, -0.2) is 11.9 Å². The first-order chi connectivity index (χ1) is 6.76. The lowest BCUT2D eigenvalue weighted by molar-refractivity contribution is -0.120. The molecule has 1 atom stereocenters. The summed E-state index contributed by atoms with van der Waals surface area (Å²) in [5.41, 5.74) is 1.04. The summed E-state index contributed by atoms with van der Waals surface area (Å²) in [5, 5.41) is 6.71. The second kappa shape index (κ2) is 5.46. The molecule has 0 aromatic carbocycles. The molecule has 74 valence electrons. The minimum absolute atomic E-state index is 0.00630. The molecule has 1 rings (SSSR count). The Kier molecular flexibility index (Phi) is 4.21. The van der Waals surface area contributed by atoms with E-state index in [2.05, 4.69) is 11.2 Å². The summed E-state index contributed by atoms with van der Waals surface area (Å²) in [6.07, 6.45) is 6.43. The highest BCUT2D eigenvalue weighted by Gasteiger charge is 2.07. The molecule has 1 amide bonds. The monoisotopic (exact) mass is 207 g/mol. The average Bonchev–Trinajstić information content (AvgIpc) is 2.66. The summed E-state index contributed by atoms with van der Waals surface area (Å²) in [6, 6.07) is 1.81. The van der Waals surface area contributed by atoms with E-state index >= 15 is 0 Å². The van der Waals surface area contributed by atoms with Crippen LogP contribution in [0.5, 0.6) is 0 Å². The first-order valence-electron chi connectivity index (χ1n) is 4.52. The van der Waals surface area contributed by atoms with Crippen LogP contribution in [0.3, 0.4) is 0 Å². The number of nitrogens with one attached hydrogen (secondary N) is 1. The van der Waals surface area contributed by atoms with E-state index in [1.807, 2.05) is 23.8 Å². The summed E-state index contributed by atoms with van der Waals surface area (Å²) >= 11 is 1.59. The van der Waals surface area contributed by atoms with E-state index in [9.17, 15) is 4.79 Å². The second-order valence-corrected chi connectivity index (χ2v) is 3.78. The lowest BCUT2D eigenvalue weighted by Gasteiger charge is -2.09. The van der Waals surface area contributed by atoms with E-state index in [-0.39, 0.29) is 11.9 Å². The number of rotatable bonds is 4. The lowest BCUT2D eigenvalue weighted by atomic mass is 10.2. The van der Waals surface area contributed by atoms with Gasteiger partial charge < -0.3 is 5.32 Å². The fourth-order valence-corrected chi connectivity index (χ4v) is 1.75. The van der Waals surface area contributed by atoms with E-state index in [0.717, 1.165) is 12.0 Å². The molecule has 0 aliphatic heterocycles. The van der Waals surface area contributed by atoms with Crippen molar-refractivity contribution in [2.24, 2.45) is 0 Å². The van der Waals surface area contributed by atoms with Gasteiger partial charge >= 0.3 is 0 Å². The molecule has 3 heteroatoms. The molecule has 1 heterocycles. The fourth-order valence-electron chi connectivity index (χ4n) is 1.09. The summed E-state index contributed by atoms with van der Waals surface area (Å²) in [5.74, 6) is 2.53. The molecule has 0 aliphatic rings. The third-order valence-corrected chi connectivity index (χ3v) is 2.62. The molecule has 1 aromatic heterocycles. The predicted molar refractivity (Wildman–Crippen MR) is 59.1 cm³/mol. The fraction of sp³-hybridized carbons (Fsp3) is 0.364. The third-order valence-electron chi connectivity index (χ3n) is 1.89. The first kappa shape index (κ1) is 10.8. The lowest BCUT2D eigenvalue weighted by Crippen LogP contribution is -2.34. The Morgan fingerprint density at radius 3 is 3.07 bits per heavy atom. The van der Waals surface area contributed by atoms with E-state index in [1.165, 1.54) is 0 Å². The Labute approximate surface area is 88.3 Å². The van der Waals surface area contributed by atoms with Gasteiger partial charge in [-0.1, -0.05) is 12.8 Å². The zero-order valence-electron chi connectivity index (χ0n) is 8.12. The van der Waals surface area contributed by atoms with Gasteiger partial charge in [-0.2, -0.15) is 11.3 Å². The molecule has 2 nitrogen and oxygen atoms in total. The van der Waals surface area contributed by atoms with Gasteiger partial charge in [0.1, 0.15) is 0 Å². The Morgan fingerprint density at radius 1 is 1.79 bits per heavy atom. The first-order valence-corrected chi connectivity index (χ1v) is 5.47. The average molecular weight is 207 g/mol. The van der Waals surface area contributed by atoms with E-state index < -0.39 is 0 Å². The topological polar surface area (TPSA) is 29.1 Å². The van der Waals surface area contributed by atoms with Crippen LogP contribution in [0.25, 0.3) is 0 Å². The molecule has 0 radical (unpaired) electrons.